The molecule has 1 atom stereocenters. The SMILES string of the molecule is CCOc1ccccc1CNC(=O)C1CCN(S(=O)(=O)c2ccc3c(c2)nnn3C(C)CC)CC1. The number of para-hydroxylation sites is 1. The maximum atomic E-state index is 13.3. The predicted molar refractivity (Wildman–Crippen MR) is 133 cm³/mol. The minimum Gasteiger partial charge on any atom is -0.494 e. The van der Waals surface area contributed by atoms with Crippen LogP contribution in [-0.4, -0.2) is 53.3 Å². The Morgan fingerprint density at radius 1 is 1.17 bits per heavy atom. The van der Waals surface area contributed by atoms with Crippen molar-refractivity contribution in [3.63, 3.8) is 0 Å². The molecule has 1 fully saturated rings. The molecule has 0 saturated carbocycles. The molecule has 2 heterocycles. The molecule has 2 aromatic carbocycles. The van der Waals surface area contributed by atoms with Crippen LogP contribution in [-0.2, 0) is 21.4 Å². The number of nitrogens with one attached hydrogen (secondary N) is 1. The van der Waals surface area contributed by atoms with Crippen LogP contribution in [0.5, 0.6) is 5.75 Å². The number of hydrogen-bond donors (Lipinski definition) is 1. The van der Waals surface area contributed by atoms with Gasteiger partial charge in [0, 0.05) is 31.1 Å². The zero-order valence-corrected chi connectivity index (χ0v) is 21.3. The lowest BCUT2D eigenvalue weighted by molar-refractivity contribution is -0.126. The summed E-state index contributed by atoms with van der Waals surface area (Å²) in [6.07, 6.45) is 1.86. The molecule has 1 unspecified atom stereocenters. The second kappa shape index (κ2) is 10.7. The zero-order valence-electron chi connectivity index (χ0n) is 20.5. The highest BCUT2D eigenvalue weighted by molar-refractivity contribution is 7.89. The van der Waals surface area contributed by atoms with Crippen LogP contribution < -0.4 is 10.1 Å². The van der Waals surface area contributed by atoms with Crippen molar-refractivity contribution in [2.45, 2.75) is 57.5 Å². The number of carbonyl (C=O) groups excluding carboxylic acids is 1. The lowest BCUT2D eigenvalue weighted by Gasteiger charge is -2.30. The number of fused-ring (bicyclic) bond motifs is 1. The summed E-state index contributed by atoms with van der Waals surface area (Å²) in [7, 11) is -3.68. The first-order valence-corrected chi connectivity index (χ1v) is 13.6. The minimum absolute atomic E-state index is 0.0589. The van der Waals surface area contributed by atoms with Crippen LogP contribution in [0.3, 0.4) is 0 Å². The fourth-order valence-corrected chi connectivity index (χ4v) is 5.85. The third-order valence-electron chi connectivity index (χ3n) is 6.64. The molecule has 35 heavy (non-hydrogen) atoms. The van der Waals surface area contributed by atoms with Crippen molar-refractivity contribution in [2.75, 3.05) is 19.7 Å². The van der Waals surface area contributed by atoms with Gasteiger partial charge in [-0.05, 0) is 57.4 Å². The number of benzene rings is 2. The number of ether oxygens (including phenoxy) is 1. The van der Waals surface area contributed by atoms with E-state index in [1.54, 1.807) is 18.2 Å². The third kappa shape index (κ3) is 5.33. The smallest absolute Gasteiger partial charge is 0.243 e. The van der Waals surface area contributed by atoms with Gasteiger partial charge in [-0.2, -0.15) is 4.31 Å². The molecule has 3 aromatic rings. The fraction of sp³-hybridized carbons (Fsp3) is 0.480. The molecule has 10 heteroatoms. The first kappa shape index (κ1) is 25.1. The van der Waals surface area contributed by atoms with E-state index in [9.17, 15) is 13.2 Å². The Morgan fingerprint density at radius 3 is 2.63 bits per heavy atom. The normalized spacial score (nSPS) is 16.3. The maximum Gasteiger partial charge on any atom is 0.243 e. The van der Waals surface area contributed by atoms with E-state index in [-0.39, 0.29) is 22.8 Å². The van der Waals surface area contributed by atoms with E-state index in [0.717, 1.165) is 23.3 Å². The number of aromatic nitrogens is 3. The van der Waals surface area contributed by atoms with Crippen molar-refractivity contribution >= 4 is 27.0 Å². The zero-order chi connectivity index (χ0) is 25.0. The van der Waals surface area contributed by atoms with Gasteiger partial charge in [-0.1, -0.05) is 30.3 Å². The van der Waals surface area contributed by atoms with Crippen LogP contribution in [0.25, 0.3) is 11.0 Å². The van der Waals surface area contributed by atoms with Crippen LogP contribution in [0, 0.1) is 5.92 Å². The van der Waals surface area contributed by atoms with Crippen molar-refractivity contribution in [3.8, 4) is 5.75 Å². The van der Waals surface area contributed by atoms with Gasteiger partial charge < -0.3 is 10.1 Å². The maximum absolute atomic E-state index is 13.3. The van der Waals surface area contributed by atoms with E-state index in [1.165, 1.54) is 4.31 Å². The van der Waals surface area contributed by atoms with Crippen LogP contribution in [0.15, 0.2) is 47.4 Å². The van der Waals surface area contributed by atoms with E-state index in [1.807, 2.05) is 35.9 Å². The molecule has 0 bridgehead atoms. The Hall–Kier alpha value is -2.98. The summed E-state index contributed by atoms with van der Waals surface area (Å²) in [6, 6.07) is 12.8. The number of nitrogens with zero attached hydrogens (tertiary/aromatic N) is 4. The molecule has 9 nitrogen and oxygen atoms in total. The van der Waals surface area contributed by atoms with Crippen molar-refractivity contribution in [3.05, 3.63) is 48.0 Å². The van der Waals surface area contributed by atoms with E-state index >= 15 is 0 Å². The summed E-state index contributed by atoms with van der Waals surface area (Å²) >= 11 is 0. The molecule has 1 N–H and O–H groups in total. The van der Waals surface area contributed by atoms with E-state index in [4.69, 9.17) is 4.74 Å². The van der Waals surface area contributed by atoms with Crippen molar-refractivity contribution in [2.24, 2.45) is 5.92 Å². The molecule has 0 spiro atoms. The predicted octanol–water partition coefficient (Wildman–Crippen LogP) is 3.52. The van der Waals surface area contributed by atoms with E-state index < -0.39 is 10.0 Å². The van der Waals surface area contributed by atoms with Crippen molar-refractivity contribution in [1.29, 1.82) is 0 Å². The molecule has 1 aliphatic rings. The van der Waals surface area contributed by atoms with Gasteiger partial charge in [-0.3, -0.25) is 4.79 Å². The summed E-state index contributed by atoms with van der Waals surface area (Å²) in [5.41, 5.74) is 2.30. The van der Waals surface area contributed by atoms with E-state index in [2.05, 4.69) is 29.5 Å². The first-order valence-electron chi connectivity index (χ1n) is 12.2. The van der Waals surface area contributed by atoms with Gasteiger partial charge in [0.25, 0.3) is 0 Å². The van der Waals surface area contributed by atoms with Crippen molar-refractivity contribution < 1.29 is 17.9 Å². The van der Waals surface area contributed by atoms with Crippen LogP contribution in [0.1, 0.15) is 51.6 Å². The largest absolute Gasteiger partial charge is 0.494 e. The lowest BCUT2D eigenvalue weighted by Crippen LogP contribution is -2.42. The first-order chi connectivity index (χ1) is 16.8. The summed E-state index contributed by atoms with van der Waals surface area (Å²) in [5.74, 6) is 0.479. The van der Waals surface area contributed by atoms with Gasteiger partial charge in [0.1, 0.15) is 11.3 Å². The molecule has 1 aliphatic heterocycles. The molecule has 1 aromatic heterocycles. The van der Waals surface area contributed by atoms with Crippen LogP contribution in [0.2, 0.25) is 0 Å². The summed E-state index contributed by atoms with van der Waals surface area (Å²) in [5, 5.41) is 11.4. The standard InChI is InChI=1S/C25H33N5O4S/c1-4-18(3)30-23-11-10-21(16-22(23)27-28-30)35(32,33)29-14-12-19(13-15-29)25(31)26-17-20-8-6-7-9-24(20)34-5-2/h6-11,16,18-19H,4-5,12-15,17H2,1-3H3,(H,26,31). The summed E-state index contributed by atoms with van der Waals surface area (Å²) in [6.45, 7) is 7.58. The van der Waals surface area contributed by atoms with Gasteiger partial charge in [0.2, 0.25) is 15.9 Å². The molecule has 1 saturated heterocycles. The molecular formula is C25H33N5O4S. The number of rotatable bonds is 9. The monoisotopic (exact) mass is 499 g/mol. The van der Waals surface area contributed by atoms with Crippen LogP contribution in [0.4, 0.5) is 0 Å². The average Bonchev–Trinajstić information content (AvgIpc) is 3.31. The highest BCUT2D eigenvalue weighted by Crippen LogP contribution is 2.27. The lowest BCUT2D eigenvalue weighted by atomic mass is 9.97. The Balaban J connectivity index is 1.37. The molecule has 0 aliphatic carbocycles. The number of hydrogen-bond acceptors (Lipinski definition) is 6. The molecule has 1 amide bonds. The van der Waals surface area contributed by atoms with Crippen molar-refractivity contribution in [1.82, 2.24) is 24.6 Å². The van der Waals surface area contributed by atoms with Crippen LogP contribution >= 0.6 is 0 Å². The Bertz CT molecular complexity index is 1280. The van der Waals surface area contributed by atoms with Gasteiger partial charge in [-0.25, -0.2) is 13.1 Å². The third-order valence-corrected chi connectivity index (χ3v) is 8.53. The van der Waals surface area contributed by atoms with Gasteiger partial charge in [0.15, 0.2) is 0 Å². The average molecular weight is 500 g/mol. The summed E-state index contributed by atoms with van der Waals surface area (Å²) in [4.78, 5) is 13.0. The molecular weight excluding hydrogens is 466 g/mol. The van der Waals surface area contributed by atoms with E-state index in [0.29, 0.717) is 44.6 Å². The molecule has 0 radical (unpaired) electrons. The second-order valence-electron chi connectivity index (χ2n) is 8.88. The number of amides is 1. The molecule has 4 rings (SSSR count). The topological polar surface area (TPSA) is 106 Å². The van der Waals surface area contributed by atoms with Gasteiger partial charge >= 0.3 is 0 Å². The number of carbonyl (C=O) groups is 1. The Morgan fingerprint density at radius 2 is 1.91 bits per heavy atom. The fourth-order valence-electron chi connectivity index (χ4n) is 4.36. The van der Waals surface area contributed by atoms with Gasteiger partial charge in [-0.15, -0.1) is 5.10 Å². The number of piperidine rings is 1. The Kier molecular flexibility index (Phi) is 7.71. The highest BCUT2D eigenvalue weighted by Gasteiger charge is 2.32. The highest BCUT2D eigenvalue weighted by atomic mass is 32.2. The second-order valence-corrected chi connectivity index (χ2v) is 10.8. The Labute approximate surface area is 206 Å². The number of sulfonamides is 1. The molecule has 188 valence electrons. The quantitative estimate of drug-likeness (QED) is 0.483. The van der Waals surface area contributed by atoms with Gasteiger partial charge in [0.05, 0.1) is 23.1 Å². The summed E-state index contributed by atoms with van der Waals surface area (Å²) < 4.78 is 35.4. The minimum atomic E-state index is -3.68.